The standard InChI is InChI=1S/C16H20N4O4/c1-11-13(12(2)24-19-11)7-8-16(21)18-10-9-17-14-5-3-4-6-15(14)20(22)23/h3-6,17H,7-10H2,1-2H3,(H,18,21). The van der Waals surface area contributed by atoms with Crippen LogP contribution in [0.25, 0.3) is 0 Å². The minimum atomic E-state index is -0.440. The number of aryl methyl sites for hydroxylation is 2. The Morgan fingerprint density at radius 2 is 2.04 bits per heavy atom. The second kappa shape index (κ2) is 8.09. The highest BCUT2D eigenvalue weighted by Gasteiger charge is 2.12. The van der Waals surface area contributed by atoms with Gasteiger partial charge < -0.3 is 15.2 Å². The van der Waals surface area contributed by atoms with E-state index in [1.165, 1.54) is 6.07 Å². The van der Waals surface area contributed by atoms with Crippen molar-refractivity contribution >= 4 is 17.3 Å². The maximum atomic E-state index is 11.8. The van der Waals surface area contributed by atoms with Crippen molar-refractivity contribution in [2.75, 3.05) is 18.4 Å². The van der Waals surface area contributed by atoms with E-state index in [0.717, 1.165) is 17.0 Å². The molecule has 0 bridgehead atoms. The van der Waals surface area contributed by atoms with Gasteiger partial charge in [0.25, 0.3) is 5.69 Å². The van der Waals surface area contributed by atoms with E-state index in [4.69, 9.17) is 4.52 Å². The van der Waals surface area contributed by atoms with Gasteiger partial charge in [0.1, 0.15) is 11.4 Å². The summed E-state index contributed by atoms with van der Waals surface area (Å²) in [4.78, 5) is 22.3. The zero-order valence-electron chi connectivity index (χ0n) is 13.7. The lowest BCUT2D eigenvalue weighted by molar-refractivity contribution is -0.384. The van der Waals surface area contributed by atoms with Crippen molar-refractivity contribution in [1.82, 2.24) is 10.5 Å². The number of aromatic nitrogens is 1. The number of rotatable bonds is 8. The Morgan fingerprint density at radius 3 is 2.71 bits per heavy atom. The third-order valence-corrected chi connectivity index (χ3v) is 3.65. The number of amides is 1. The van der Waals surface area contributed by atoms with E-state index in [2.05, 4.69) is 15.8 Å². The van der Waals surface area contributed by atoms with E-state index in [9.17, 15) is 14.9 Å². The van der Waals surface area contributed by atoms with Crippen molar-refractivity contribution in [3.8, 4) is 0 Å². The zero-order chi connectivity index (χ0) is 17.5. The van der Waals surface area contributed by atoms with Crippen molar-refractivity contribution in [1.29, 1.82) is 0 Å². The van der Waals surface area contributed by atoms with Crippen LogP contribution < -0.4 is 10.6 Å². The van der Waals surface area contributed by atoms with Crippen molar-refractivity contribution in [3.63, 3.8) is 0 Å². The average molecular weight is 332 g/mol. The van der Waals surface area contributed by atoms with Gasteiger partial charge in [0, 0.05) is 31.1 Å². The molecule has 2 rings (SSSR count). The maximum Gasteiger partial charge on any atom is 0.292 e. The van der Waals surface area contributed by atoms with E-state index in [-0.39, 0.29) is 11.6 Å². The summed E-state index contributed by atoms with van der Waals surface area (Å²) in [5.74, 6) is 0.651. The van der Waals surface area contributed by atoms with E-state index in [1.54, 1.807) is 18.2 Å². The number of nitro benzene ring substituents is 1. The average Bonchev–Trinajstić information content (AvgIpc) is 2.88. The number of benzene rings is 1. The molecule has 0 saturated heterocycles. The van der Waals surface area contributed by atoms with Crippen LogP contribution in [0.1, 0.15) is 23.4 Å². The topological polar surface area (TPSA) is 110 Å². The van der Waals surface area contributed by atoms with Gasteiger partial charge in [-0.15, -0.1) is 0 Å². The Bertz CT molecular complexity index is 707. The monoisotopic (exact) mass is 332 g/mol. The van der Waals surface area contributed by atoms with Gasteiger partial charge in [-0.05, 0) is 26.3 Å². The number of para-hydroxylation sites is 2. The van der Waals surface area contributed by atoms with Gasteiger partial charge in [-0.1, -0.05) is 17.3 Å². The first kappa shape index (κ1) is 17.5. The normalized spacial score (nSPS) is 10.4. The number of nitrogens with one attached hydrogen (secondary N) is 2. The van der Waals surface area contributed by atoms with Gasteiger partial charge in [0.2, 0.25) is 5.91 Å². The zero-order valence-corrected chi connectivity index (χ0v) is 13.7. The molecule has 0 radical (unpaired) electrons. The molecule has 0 aliphatic carbocycles. The van der Waals surface area contributed by atoms with E-state index in [1.807, 2.05) is 13.8 Å². The Labute approximate surface area is 139 Å². The summed E-state index contributed by atoms with van der Waals surface area (Å²) in [6, 6.07) is 6.40. The van der Waals surface area contributed by atoms with Crippen LogP contribution in [0.4, 0.5) is 11.4 Å². The van der Waals surface area contributed by atoms with Gasteiger partial charge in [-0.2, -0.15) is 0 Å². The molecule has 24 heavy (non-hydrogen) atoms. The fraction of sp³-hybridized carbons (Fsp3) is 0.375. The first-order valence-electron chi connectivity index (χ1n) is 7.64. The number of carbonyl (C=O) groups excluding carboxylic acids is 1. The number of nitrogens with zero attached hydrogens (tertiary/aromatic N) is 2. The predicted molar refractivity (Wildman–Crippen MR) is 88.9 cm³/mol. The summed E-state index contributed by atoms with van der Waals surface area (Å²) in [5.41, 5.74) is 2.22. The highest BCUT2D eigenvalue weighted by molar-refractivity contribution is 5.76. The van der Waals surface area contributed by atoms with Crippen LogP contribution in [0.2, 0.25) is 0 Å². The fourth-order valence-corrected chi connectivity index (χ4v) is 2.37. The molecule has 8 nitrogen and oxygen atoms in total. The van der Waals surface area contributed by atoms with E-state index in [0.29, 0.717) is 31.6 Å². The summed E-state index contributed by atoms with van der Waals surface area (Å²) in [7, 11) is 0. The van der Waals surface area contributed by atoms with E-state index >= 15 is 0 Å². The molecule has 1 amide bonds. The molecular weight excluding hydrogens is 312 g/mol. The quantitative estimate of drug-likeness (QED) is 0.436. The third-order valence-electron chi connectivity index (χ3n) is 3.65. The Hall–Kier alpha value is -2.90. The van der Waals surface area contributed by atoms with Gasteiger partial charge >= 0.3 is 0 Å². The maximum absolute atomic E-state index is 11.8. The third kappa shape index (κ3) is 4.55. The summed E-state index contributed by atoms with van der Waals surface area (Å²) < 4.78 is 5.06. The fourth-order valence-electron chi connectivity index (χ4n) is 2.37. The smallest absolute Gasteiger partial charge is 0.292 e. The summed E-state index contributed by atoms with van der Waals surface area (Å²) in [6.07, 6.45) is 0.916. The number of anilines is 1. The first-order chi connectivity index (χ1) is 11.5. The minimum Gasteiger partial charge on any atom is -0.378 e. The van der Waals surface area contributed by atoms with Crippen LogP contribution in [0.5, 0.6) is 0 Å². The molecule has 1 heterocycles. The molecule has 2 aromatic rings. The minimum absolute atomic E-state index is 0.0160. The lowest BCUT2D eigenvalue weighted by atomic mass is 10.1. The molecule has 0 spiro atoms. The van der Waals surface area contributed by atoms with Crippen LogP contribution in [-0.2, 0) is 11.2 Å². The summed E-state index contributed by atoms with van der Waals surface area (Å²) >= 11 is 0. The largest absolute Gasteiger partial charge is 0.378 e. The van der Waals surface area contributed by atoms with Gasteiger partial charge in [-0.3, -0.25) is 14.9 Å². The van der Waals surface area contributed by atoms with Crippen molar-refractivity contribution in [2.24, 2.45) is 0 Å². The second-order valence-electron chi connectivity index (χ2n) is 5.35. The van der Waals surface area contributed by atoms with Gasteiger partial charge in [0.15, 0.2) is 0 Å². The molecule has 0 aliphatic rings. The molecule has 0 unspecified atom stereocenters. The number of carbonyl (C=O) groups is 1. The van der Waals surface area contributed by atoms with Crippen molar-refractivity contribution in [3.05, 3.63) is 51.4 Å². The van der Waals surface area contributed by atoms with Crippen LogP contribution in [0.15, 0.2) is 28.8 Å². The molecule has 0 atom stereocenters. The van der Waals surface area contributed by atoms with Gasteiger partial charge in [-0.25, -0.2) is 0 Å². The molecule has 1 aromatic carbocycles. The molecule has 0 saturated carbocycles. The molecule has 8 heteroatoms. The number of hydrogen-bond donors (Lipinski definition) is 2. The van der Waals surface area contributed by atoms with Crippen LogP contribution >= 0.6 is 0 Å². The Balaban J connectivity index is 1.73. The first-order valence-corrected chi connectivity index (χ1v) is 7.64. The molecule has 0 fully saturated rings. The highest BCUT2D eigenvalue weighted by Crippen LogP contribution is 2.22. The predicted octanol–water partition coefficient (Wildman–Crippen LogP) is 2.36. The second-order valence-corrected chi connectivity index (χ2v) is 5.35. The Morgan fingerprint density at radius 1 is 1.29 bits per heavy atom. The Kier molecular flexibility index (Phi) is 5.89. The van der Waals surface area contributed by atoms with Gasteiger partial charge in [0.05, 0.1) is 10.6 Å². The van der Waals surface area contributed by atoms with Crippen LogP contribution in [-0.4, -0.2) is 29.1 Å². The molecule has 2 N–H and O–H groups in total. The number of nitro groups is 1. The molecule has 0 aliphatic heterocycles. The van der Waals surface area contributed by atoms with Crippen LogP contribution in [0, 0.1) is 24.0 Å². The number of hydrogen-bond acceptors (Lipinski definition) is 6. The lowest BCUT2D eigenvalue weighted by Gasteiger charge is -2.08. The van der Waals surface area contributed by atoms with Crippen molar-refractivity contribution < 1.29 is 14.2 Å². The lowest BCUT2D eigenvalue weighted by Crippen LogP contribution is -2.29. The van der Waals surface area contributed by atoms with E-state index < -0.39 is 4.92 Å². The SMILES string of the molecule is Cc1noc(C)c1CCC(=O)NCCNc1ccccc1[N+](=O)[O-]. The van der Waals surface area contributed by atoms with Crippen molar-refractivity contribution in [2.45, 2.75) is 26.7 Å². The molecule has 128 valence electrons. The van der Waals surface area contributed by atoms with Crippen LogP contribution in [0.3, 0.4) is 0 Å². The summed E-state index contributed by atoms with van der Waals surface area (Å²) in [5, 5.41) is 20.5. The summed E-state index contributed by atoms with van der Waals surface area (Å²) in [6.45, 7) is 4.46. The highest BCUT2D eigenvalue weighted by atomic mass is 16.6. The molecular formula is C16H20N4O4. The molecule has 1 aromatic heterocycles.